The van der Waals surface area contributed by atoms with Gasteiger partial charge in [0.15, 0.2) is 11.5 Å². The molecule has 6 rings (SSSR count). The highest BCUT2D eigenvalue weighted by Gasteiger charge is 2.71. The lowest BCUT2D eigenvalue weighted by Gasteiger charge is -2.63. The zero-order chi connectivity index (χ0) is 17.0. The zero-order valence-electron chi connectivity index (χ0n) is 14.5. The monoisotopic (exact) mass is 339 g/mol. The average Bonchev–Trinajstić information content (AvgIpc) is 3.32. The number of hydrogen-bond acceptors (Lipinski definition) is 4. The van der Waals surface area contributed by atoms with Gasteiger partial charge in [-0.1, -0.05) is 12.6 Å². The number of aromatic hydroxyl groups is 1. The molecule has 1 unspecified atom stereocenters. The van der Waals surface area contributed by atoms with Crippen molar-refractivity contribution in [1.82, 2.24) is 4.90 Å². The number of nitrogens with zero attached hydrogens (tertiary/aromatic N) is 1. The third-order valence-electron chi connectivity index (χ3n) is 7.71. The highest BCUT2D eigenvalue weighted by atomic mass is 16.5. The van der Waals surface area contributed by atoms with E-state index in [-0.39, 0.29) is 17.9 Å². The van der Waals surface area contributed by atoms with Gasteiger partial charge in [-0.3, -0.25) is 4.90 Å². The van der Waals surface area contributed by atoms with Crippen LogP contribution in [0.3, 0.4) is 0 Å². The van der Waals surface area contributed by atoms with Crippen LogP contribution in [0.15, 0.2) is 24.3 Å². The van der Waals surface area contributed by atoms with Crippen LogP contribution in [-0.2, 0) is 11.8 Å². The van der Waals surface area contributed by atoms with E-state index in [9.17, 15) is 10.2 Å². The van der Waals surface area contributed by atoms with E-state index < -0.39 is 11.0 Å². The van der Waals surface area contributed by atoms with E-state index >= 15 is 0 Å². The molecule has 0 aromatic heterocycles. The maximum atomic E-state index is 12.1. The highest BCUT2D eigenvalue weighted by molar-refractivity contribution is 5.63. The Labute approximate surface area is 148 Å². The largest absolute Gasteiger partial charge is 0.504 e. The smallest absolute Gasteiger partial charge is 0.166 e. The molecule has 4 atom stereocenters. The van der Waals surface area contributed by atoms with Crippen molar-refractivity contribution in [3.8, 4) is 11.5 Å². The minimum absolute atomic E-state index is 0.157. The standard InChI is InChI=1S/C21H25NO3/c1-12-6-7-21(24)16-10-14-4-5-15(23)18-17(14)20(21,19(12)25-18)8-9-22(16)11-13-2-3-13/h4-5,13,16,19,23-24H,1-3,6-11H2/t16-,19+,20?,21-/m0/s1. The highest BCUT2D eigenvalue weighted by Crippen LogP contribution is 2.66. The lowest BCUT2D eigenvalue weighted by molar-refractivity contribution is -0.174. The molecule has 1 aromatic carbocycles. The van der Waals surface area contributed by atoms with Crippen LogP contribution in [0.1, 0.15) is 43.2 Å². The van der Waals surface area contributed by atoms with Crippen molar-refractivity contribution < 1.29 is 14.9 Å². The van der Waals surface area contributed by atoms with Crippen molar-refractivity contribution in [2.24, 2.45) is 5.92 Å². The molecular formula is C21H25NO3. The molecule has 0 amide bonds. The number of hydrogen-bond donors (Lipinski definition) is 2. The first-order chi connectivity index (χ1) is 12.0. The number of rotatable bonds is 2. The molecule has 0 radical (unpaired) electrons. The second kappa shape index (κ2) is 4.41. The topological polar surface area (TPSA) is 52.9 Å². The van der Waals surface area contributed by atoms with Gasteiger partial charge in [0.1, 0.15) is 6.10 Å². The van der Waals surface area contributed by atoms with Crippen molar-refractivity contribution >= 4 is 0 Å². The summed E-state index contributed by atoms with van der Waals surface area (Å²) in [4.78, 5) is 2.56. The minimum Gasteiger partial charge on any atom is -0.504 e. The van der Waals surface area contributed by atoms with Crippen LogP contribution >= 0.6 is 0 Å². The fourth-order valence-corrected chi connectivity index (χ4v) is 6.39. The van der Waals surface area contributed by atoms with E-state index in [1.54, 1.807) is 6.07 Å². The Bertz CT molecular complexity index is 801. The van der Waals surface area contributed by atoms with Crippen LogP contribution in [0, 0.1) is 5.92 Å². The van der Waals surface area contributed by atoms with Crippen LogP contribution in [-0.4, -0.2) is 45.9 Å². The summed E-state index contributed by atoms with van der Waals surface area (Å²) in [5.41, 5.74) is 2.21. The zero-order valence-corrected chi connectivity index (χ0v) is 14.5. The SMILES string of the molecule is C=C1CC[C@]2(O)[C@@H]3Cc4ccc(O)c5c4C2(CCN3CC2CC2)[C@@H]1O5. The Morgan fingerprint density at radius 1 is 1.28 bits per heavy atom. The molecule has 3 fully saturated rings. The fraction of sp³-hybridized carbons (Fsp3) is 0.619. The summed E-state index contributed by atoms with van der Waals surface area (Å²) in [6.07, 6.45) is 5.79. The third-order valence-corrected chi connectivity index (χ3v) is 7.71. The van der Waals surface area contributed by atoms with Gasteiger partial charge in [-0.25, -0.2) is 0 Å². The van der Waals surface area contributed by atoms with Gasteiger partial charge >= 0.3 is 0 Å². The maximum Gasteiger partial charge on any atom is 0.166 e. The van der Waals surface area contributed by atoms with Gasteiger partial charge in [0.2, 0.25) is 0 Å². The van der Waals surface area contributed by atoms with Gasteiger partial charge in [0.25, 0.3) is 0 Å². The van der Waals surface area contributed by atoms with E-state index in [0.717, 1.165) is 55.8 Å². The summed E-state index contributed by atoms with van der Waals surface area (Å²) in [5, 5.41) is 22.5. The van der Waals surface area contributed by atoms with E-state index in [0.29, 0.717) is 5.75 Å². The van der Waals surface area contributed by atoms with E-state index in [4.69, 9.17) is 4.74 Å². The first-order valence-electron chi connectivity index (χ1n) is 9.71. The molecule has 132 valence electrons. The van der Waals surface area contributed by atoms with Crippen LogP contribution in [0.2, 0.25) is 0 Å². The summed E-state index contributed by atoms with van der Waals surface area (Å²) >= 11 is 0. The molecule has 3 aliphatic carbocycles. The van der Waals surface area contributed by atoms with Crippen LogP contribution in [0.25, 0.3) is 0 Å². The molecule has 4 heteroatoms. The van der Waals surface area contributed by atoms with Gasteiger partial charge < -0.3 is 14.9 Å². The molecule has 2 N–H and O–H groups in total. The van der Waals surface area contributed by atoms with Gasteiger partial charge in [-0.15, -0.1) is 0 Å². The first kappa shape index (κ1) is 14.6. The van der Waals surface area contributed by atoms with Crippen molar-refractivity contribution in [3.63, 3.8) is 0 Å². The van der Waals surface area contributed by atoms with Gasteiger partial charge in [0, 0.05) is 18.2 Å². The Kier molecular flexibility index (Phi) is 2.58. The normalized spacial score (nSPS) is 41.4. The Morgan fingerprint density at radius 2 is 2.12 bits per heavy atom. The average molecular weight is 339 g/mol. The summed E-state index contributed by atoms with van der Waals surface area (Å²) in [7, 11) is 0. The fourth-order valence-electron chi connectivity index (χ4n) is 6.39. The summed E-state index contributed by atoms with van der Waals surface area (Å²) in [5.74, 6) is 1.64. The molecule has 25 heavy (non-hydrogen) atoms. The number of benzene rings is 1. The van der Waals surface area contributed by atoms with Crippen molar-refractivity contribution in [2.75, 3.05) is 13.1 Å². The number of phenolic OH excluding ortho intramolecular Hbond substituents is 1. The Hall–Kier alpha value is -1.52. The second-order valence-corrected chi connectivity index (χ2v) is 8.91. The number of likely N-dealkylation sites (tertiary alicyclic amines) is 1. The Morgan fingerprint density at radius 3 is 2.92 bits per heavy atom. The number of phenols is 1. The lowest BCUT2D eigenvalue weighted by Crippen LogP contribution is -2.75. The minimum atomic E-state index is -0.780. The van der Waals surface area contributed by atoms with Crippen LogP contribution in [0.5, 0.6) is 11.5 Å². The molecule has 2 heterocycles. The predicted octanol–water partition coefficient (Wildman–Crippen LogP) is 2.51. The summed E-state index contributed by atoms with van der Waals surface area (Å²) < 4.78 is 6.29. The van der Waals surface area contributed by atoms with Gasteiger partial charge in [-0.2, -0.15) is 0 Å². The van der Waals surface area contributed by atoms with E-state index in [2.05, 4.69) is 11.5 Å². The molecular weight excluding hydrogens is 314 g/mol. The molecule has 2 aliphatic heterocycles. The van der Waals surface area contributed by atoms with E-state index in [1.807, 2.05) is 6.07 Å². The summed E-state index contributed by atoms with van der Waals surface area (Å²) in [6, 6.07) is 3.96. The summed E-state index contributed by atoms with van der Waals surface area (Å²) in [6.45, 7) is 6.40. The van der Waals surface area contributed by atoms with Gasteiger partial charge in [-0.05, 0) is 68.2 Å². The van der Waals surface area contributed by atoms with Crippen molar-refractivity contribution in [2.45, 2.75) is 61.7 Å². The Balaban J connectivity index is 1.58. The molecule has 4 nitrogen and oxygen atoms in total. The van der Waals surface area contributed by atoms with Crippen molar-refractivity contribution in [1.29, 1.82) is 0 Å². The van der Waals surface area contributed by atoms with Crippen LogP contribution in [0.4, 0.5) is 0 Å². The quantitative estimate of drug-likeness (QED) is 0.813. The number of piperidine rings is 1. The molecule has 5 aliphatic rings. The molecule has 2 bridgehead atoms. The molecule has 1 saturated heterocycles. The van der Waals surface area contributed by atoms with Gasteiger partial charge in [0.05, 0.1) is 11.0 Å². The molecule has 1 aromatic rings. The maximum absolute atomic E-state index is 12.1. The molecule has 1 spiro atoms. The third kappa shape index (κ3) is 1.57. The van der Waals surface area contributed by atoms with Crippen molar-refractivity contribution in [3.05, 3.63) is 35.4 Å². The van der Waals surface area contributed by atoms with Crippen LogP contribution < -0.4 is 4.74 Å². The number of aliphatic hydroxyl groups is 1. The lowest BCUT2D eigenvalue weighted by atomic mass is 9.48. The first-order valence-corrected chi connectivity index (χ1v) is 9.71. The number of ether oxygens (including phenoxy) is 1. The second-order valence-electron chi connectivity index (χ2n) is 8.91. The van der Waals surface area contributed by atoms with E-state index in [1.165, 1.54) is 18.4 Å². The molecule has 2 saturated carbocycles. The predicted molar refractivity (Wildman–Crippen MR) is 93.9 cm³/mol.